The van der Waals surface area contributed by atoms with E-state index in [-0.39, 0.29) is 0 Å². The van der Waals surface area contributed by atoms with Crippen LogP contribution in [-0.2, 0) is 23.9 Å². The molecule has 0 unspecified atom stereocenters. The Kier molecular flexibility index (Phi) is 24.2. The van der Waals surface area contributed by atoms with E-state index in [0.29, 0.717) is 56.9 Å². The van der Waals surface area contributed by atoms with Gasteiger partial charge in [0.05, 0.1) is 26.9 Å². The first-order chi connectivity index (χ1) is 22.3. The number of carbonyl (C=O) groups excluding carboxylic acids is 4. The largest absolute Gasteiger partial charge is 0.496 e. The van der Waals surface area contributed by atoms with E-state index >= 15 is 0 Å². The molecular formula is C36H44O10. The lowest BCUT2D eigenvalue weighted by Gasteiger charge is -2.06. The molecule has 0 bridgehead atoms. The van der Waals surface area contributed by atoms with Gasteiger partial charge >= 0.3 is 5.97 Å². The first-order valence-electron chi connectivity index (χ1n) is 14.2. The maximum atomic E-state index is 10.7. The minimum Gasteiger partial charge on any atom is -0.496 e. The summed E-state index contributed by atoms with van der Waals surface area (Å²) in [6, 6.07) is 20.1. The van der Waals surface area contributed by atoms with Crippen molar-refractivity contribution >= 4 is 25.0 Å². The molecule has 0 saturated carbocycles. The quantitative estimate of drug-likeness (QED) is 0.0764. The second kappa shape index (κ2) is 27.3. The maximum absolute atomic E-state index is 10.7. The summed E-state index contributed by atoms with van der Waals surface area (Å²) >= 11 is 0. The van der Waals surface area contributed by atoms with E-state index < -0.39 is 5.97 Å². The van der Waals surface area contributed by atoms with E-state index in [0.717, 1.165) is 41.6 Å². The predicted molar refractivity (Wildman–Crippen MR) is 177 cm³/mol. The number of esters is 1. The van der Waals surface area contributed by atoms with Crippen molar-refractivity contribution in [3.63, 3.8) is 0 Å². The third-order valence-electron chi connectivity index (χ3n) is 5.41. The van der Waals surface area contributed by atoms with Crippen molar-refractivity contribution in [3.05, 3.63) is 109 Å². The highest BCUT2D eigenvalue weighted by atomic mass is 16.5. The van der Waals surface area contributed by atoms with Gasteiger partial charge in [0.25, 0.3) is 6.47 Å². The molecule has 0 spiro atoms. The topological polar surface area (TPSA) is 124 Å². The molecule has 0 aromatic heterocycles. The second-order valence-electron chi connectivity index (χ2n) is 8.99. The fourth-order valence-electron chi connectivity index (χ4n) is 3.13. The summed E-state index contributed by atoms with van der Waals surface area (Å²) in [6.07, 6.45) is 5.34. The zero-order chi connectivity index (χ0) is 34.4. The molecule has 10 heteroatoms. The van der Waals surface area contributed by atoms with Crippen molar-refractivity contribution in [2.24, 2.45) is 0 Å². The number of rotatable bonds is 16. The summed E-state index contributed by atoms with van der Waals surface area (Å²) in [7, 11) is 3.27. The normalized spacial score (nSPS) is 9.13. The van der Waals surface area contributed by atoms with Gasteiger partial charge in [-0.2, -0.15) is 0 Å². The first-order valence-corrected chi connectivity index (χ1v) is 14.2. The van der Waals surface area contributed by atoms with E-state index in [9.17, 15) is 14.4 Å². The average molecular weight is 637 g/mol. The molecule has 10 nitrogen and oxygen atoms in total. The lowest BCUT2D eigenvalue weighted by atomic mass is 10.2. The van der Waals surface area contributed by atoms with Gasteiger partial charge in [0.1, 0.15) is 35.6 Å². The van der Waals surface area contributed by atoms with Gasteiger partial charge in [0.2, 0.25) is 0 Å². The Morgan fingerprint density at radius 2 is 1.28 bits per heavy atom. The molecule has 0 radical (unpaired) electrons. The predicted octanol–water partition coefficient (Wildman–Crippen LogP) is 6.32. The highest BCUT2D eigenvalue weighted by Gasteiger charge is 2.00. The van der Waals surface area contributed by atoms with Crippen LogP contribution in [-0.4, -0.2) is 65.7 Å². The van der Waals surface area contributed by atoms with Crippen LogP contribution in [0.1, 0.15) is 34.3 Å². The van der Waals surface area contributed by atoms with Crippen LogP contribution < -0.4 is 18.9 Å². The summed E-state index contributed by atoms with van der Waals surface area (Å²) in [6.45, 7) is 13.0. The van der Waals surface area contributed by atoms with Gasteiger partial charge in [-0.1, -0.05) is 30.9 Å². The van der Waals surface area contributed by atoms with Gasteiger partial charge in [-0.3, -0.25) is 14.4 Å². The molecule has 0 heterocycles. The SMILES string of the molecule is C=CC(=O)OCCCOc1ccc(C)cc1.C=CC=O.COCCCOc1ccc(C=O)cc1.COc1ccc(OC=O)cc1C. The Hall–Kier alpha value is -5.22. The van der Waals surface area contributed by atoms with Crippen molar-refractivity contribution in [2.45, 2.75) is 26.7 Å². The number of hydrogen-bond donors (Lipinski definition) is 0. The van der Waals surface area contributed by atoms with Crippen molar-refractivity contribution in [3.8, 4) is 23.0 Å². The number of allylic oxidation sites excluding steroid dienone is 1. The monoisotopic (exact) mass is 636 g/mol. The van der Waals surface area contributed by atoms with Crippen molar-refractivity contribution in [1.82, 2.24) is 0 Å². The number of hydrogen-bond acceptors (Lipinski definition) is 10. The van der Waals surface area contributed by atoms with Gasteiger partial charge < -0.3 is 28.4 Å². The van der Waals surface area contributed by atoms with Crippen LogP contribution in [0.4, 0.5) is 0 Å². The minimum atomic E-state index is -0.393. The molecular weight excluding hydrogens is 592 g/mol. The molecule has 0 N–H and O–H groups in total. The Balaban J connectivity index is 0.000000628. The standard InChI is InChI=1S/C13H16O3.C11H14O3.C9H10O3.C3H4O/c1-3-13(14)16-10-4-9-15-12-7-5-11(2)6-8-12;1-13-7-2-8-14-11-5-3-10(9-12)4-6-11;1-7-5-8(12-6-10)3-4-9(7)11-2;1-2-3-4/h3,5-8H,1,4,9-10H2,2H3;3-6,9H,2,7-8H2,1H3;3-6H,1-2H3;2-3H,1H2. The molecule has 46 heavy (non-hydrogen) atoms. The summed E-state index contributed by atoms with van der Waals surface area (Å²) in [5, 5.41) is 0. The average Bonchev–Trinajstić information content (AvgIpc) is 3.08. The van der Waals surface area contributed by atoms with Gasteiger partial charge in [0.15, 0.2) is 0 Å². The number of carbonyl (C=O) groups is 4. The first kappa shape index (κ1) is 40.8. The van der Waals surface area contributed by atoms with Gasteiger partial charge in [0, 0.05) is 38.2 Å². The summed E-state index contributed by atoms with van der Waals surface area (Å²) in [4.78, 5) is 40.1. The van der Waals surface area contributed by atoms with Crippen LogP contribution >= 0.6 is 0 Å². The zero-order valence-corrected chi connectivity index (χ0v) is 27.0. The summed E-state index contributed by atoms with van der Waals surface area (Å²) in [5.74, 6) is 2.54. The second-order valence-corrected chi connectivity index (χ2v) is 8.99. The van der Waals surface area contributed by atoms with Crippen molar-refractivity contribution in [2.75, 3.05) is 40.6 Å². The van der Waals surface area contributed by atoms with E-state index in [2.05, 4.69) is 17.9 Å². The molecule has 0 aliphatic heterocycles. The number of aldehydes is 2. The van der Waals surface area contributed by atoms with Crippen LogP contribution in [0.2, 0.25) is 0 Å². The summed E-state index contributed by atoms with van der Waals surface area (Å²) < 4.78 is 30.3. The Bertz CT molecular complexity index is 1280. The molecule has 0 atom stereocenters. The van der Waals surface area contributed by atoms with E-state index in [1.807, 2.05) is 38.1 Å². The van der Waals surface area contributed by atoms with Crippen LogP contribution in [0.5, 0.6) is 23.0 Å². The fourth-order valence-corrected chi connectivity index (χ4v) is 3.13. The highest BCUT2D eigenvalue weighted by molar-refractivity contribution is 5.81. The van der Waals surface area contributed by atoms with Crippen molar-refractivity contribution in [1.29, 1.82) is 0 Å². The number of aryl methyl sites for hydroxylation is 2. The molecule has 0 fully saturated rings. The molecule has 0 saturated heterocycles. The number of benzene rings is 3. The van der Waals surface area contributed by atoms with Crippen molar-refractivity contribution < 1.29 is 47.6 Å². The lowest BCUT2D eigenvalue weighted by Crippen LogP contribution is -2.06. The minimum absolute atomic E-state index is 0.358. The zero-order valence-electron chi connectivity index (χ0n) is 27.0. The molecule has 3 aromatic carbocycles. The Morgan fingerprint density at radius 3 is 1.74 bits per heavy atom. The van der Waals surface area contributed by atoms with Gasteiger partial charge in [-0.15, -0.1) is 0 Å². The fraction of sp³-hybridized carbons (Fsp3) is 0.278. The van der Waals surface area contributed by atoms with E-state index in [1.165, 1.54) is 11.6 Å². The van der Waals surface area contributed by atoms with Gasteiger partial charge in [-0.25, -0.2) is 4.79 Å². The Labute approximate surface area is 271 Å². The van der Waals surface area contributed by atoms with Crippen LogP contribution in [0.15, 0.2) is 92.0 Å². The number of ether oxygens (including phenoxy) is 6. The number of methoxy groups -OCH3 is 2. The Morgan fingerprint density at radius 1 is 0.739 bits per heavy atom. The van der Waals surface area contributed by atoms with E-state index in [1.54, 1.807) is 56.7 Å². The molecule has 3 rings (SSSR count). The maximum Gasteiger partial charge on any atom is 0.330 e. The lowest BCUT2D eigenvalue weighted by molar-refractivity contribution is -0.138. The molecule has 248 valence electrons. The van der Waals surface area contributed by atoms with Crippen LogP contribution in [0.25, 0.3) is 0 Å². The molecule has 0 aliphatic carbocycles. The third-order valence-corrected chi connectivity index (χ3v) is 5.41. The molecule has 3 aromatic rings. The van der Waals surface area contributed by atoms with Crippen LogP contribution in [0.3, 0.4) is 0 Å². The third kappa shape index (κ3) is 20.6. The molecule has 0 amide bonds. The summed E-state index contributed by atoms with van der Waals surface area (Å²) in [5.41, 5.74) is 2.80. The molecule has 0 aliphatic rings. The smallest absolute Gasteiger partial charge is 0.330 e. The van der Waals surface area contributed by atoms with Gasteiger partial charge in [-0.05, 0) is 80.1 Å². The highest BCUT2D eigenvalue weighted by Crippen LogP contribution is 2.22. The van der Waals surface area contributed by atoms with E-state index in [4.69, 9.17) is 28.5 Å². The van der Waals surface area contributed by atoms with Crippen LogP contribution in [0, 0.1) is 13.8 Å².